The maximum atomic E-state index is 13.3. The van der Waals surface area contributed by atoms with Crippen molar-refractivity contribution in [3.63, 3.8) is 0 Å². The van der Waals surface area contributed by atoms with Gasteiger partial charge in [0.05, 0.1) is 0 Å². The largest absolute Gasteiger partial charge is 0.367 e. The molecule has 0 aliphatic heterocycles. The van der Waals surface area contributed by atoms with Gasteiger partial charge in [-0.15, -0.1) is 0 Å². The van der Waals surface area contributed by atoms with Crippen LogP contribution in [0.3, 0.4) is 0 Å². The number of nitrogens with one attached hydrogen (secondary N) is 1. The van der Waals surface area contributed by atoms with E-state index >= 15 is 0 Å². The summed E-state index contributed by atoms with van der Waals surface area (Å²) < 4.78 is 13.3. The van der Waals surface area contributed by atoms with Crippen molar-refractivity contribution in [1.82, 2.24) is 4.98 Å². The average Bonchev–Trinajstić information content (AvgIpc) is 3.10. The average molecular weight is 242 g/mol. The summed E-state index contributed by atoms with van der Waals surface area (Å²) in [6.45, 7) is 0. The smallest absolute Gasteiger partial charge is 0.134 e. The first-order valence-corrected chi connectivity index (χ1v) is 6.55. The number of pyridine rings is 1. The van der Waals surface area contributed by atoms with Crippen molar-refractivity contribution in [1.29, 1.82) is 0 Å². The number of fused-ring (bicyclic) bond motifs is 1. The molecule has 2 aliphatic carbocycles. The van der Waals surface area contributed by atoms with Crippen molar-refractivity contribution >= 4 is 16.6 Å². The summed E-state index contributed by atoms with van der Waals surface area (Å²) >= 11 is 0. The Morgan fingerprint density at radius 3 is 2.83 bits per heavy atom. The first-order valence-electron chi connectivity index (χ1n) is 6.55. The summed E-state index contributed by atoms with van der Waals surface area (Å²) in [5, 5.41) is 5.39. The number of aromatic nitrogens is 1. The minimum absolute atomic E-state index is 0.203. The molecule has 2 aliphatic rings. The van der Waals surface area contributed by atoms with Gasteiger partial charge in [0.2, 0.25) is 0 Å². The Labute approximate surface area is 105 Å². The molecule has 0 amide bonds. The monoisotopic (exact) mass is 242 g/mol. The lowest BCUT2D eigenvalue weighted by Gasteiger charge is -2.36. The van der Waals surface area contributed by atoms with E-state index in [1.165, 1.54) is 31.7 Å². The Hall–Kier alpha value is -1.64. The fourth-order valence-corrected chi connectivity index (χ4v) is 3.12. The van der Waals surface area contributed by atoms with Crippen molar-refractivity contribution in [3.05, 3.63) is 36.3 Å². The highest BCUT2D eigenvalue weighted by Gasteiger charge is 2.52. The third-order valence-corrected chi connectivity index (χ3v) is 4.38. The number of benzene rings is 1. The Morgan fingerprint density at radius 2 is 2.06 bits per heavy atom. The summed E-state index contributed by atoms with van der Waals surface area (Å²) in [5.41, 5.74) is 0.674. The van der Waals surface area contributed by atoms with Gasteiger partial charge in [-0.3, -0.25) is 0 Å². The van der Waals surface area contributed by atoms with Crippen LogP contribution in [0.15, 0.2) is 30.5 Å². The number of nitrogens with zero attached hydrogens (tertiary/aromatic N) is 1. The third kappa shape index (κ3) is 1.57. The van der Waals surface area contributed by atoms with Crippen molar-refractivity contribution in [2.75, 3.05) is 5.32 Å². The van der Waals surface area contributed by atoms with Gasteiger partial charge in [-0.1, -0.05) is 6.07 Å². The Kier molecular flexibility index (Phi) is 1.97. The molecular weight excluding hydrogens is 227 g/mol. The second-order valence-corrected chi connectivity index (χ2v) is 5.77. The van der Waals surface area contributed by atoms with Crippen molar-refractivity contribution < 1.29 is 4.39 Å². The standard InChI is InChI=1S/C15H15FN2/c16-11-2-1-10-3-6-17-14(13(10)7-11)18-12-8-15(9-12)4-5-15/h1-3,6-7,12H,4-5,8-9H2,(H,17,18). The second-order valence-electron chi connectivity index (χ2n) is 5.77. The molecule has 1 aromatic heterocycles. The SMILES string of the molecule is Fc1ccc2ccnc(NC3CC4(CC4)C3)c2c1. The van der Waals surface area contributed by atoms with Crippen LogP contribution >= 0.6 is 0 Å². The fourth-order valence-electron chi connectivity index (χ4n) is 3.12. The molecule has 1 heterocycles. The number of anilines is 1. The number of halogens is 1. The lowest BCUT2D eigenvalue weighted by molar-refractivity contribution is 0.256. The highest BCUT2D eigenvalue weighted by molar-refractivity contribution is 5.91. The van der Waals surface area contributed by atoms with E-state index in [2.05, 4.69) is 10.3 Å². The molecule has 2 fully saturated rings. The van der Waals surface area contributed by atoms with E-state index < -0.39 is 0 Å². The quantitative estimate of drug-likeness (QED) is 0.868. The number of hydrogen-bond donors (Lipinski definition) is 1. The van der Waals surface area contributed by atoms with E-state index in [9.17, 15) is 4.39 Å². The zero-order valence-electron chi connectivity index (χ0n) is 10.1. The number of hydrogen-bond acceptors (Lipinski definition) is 2. The minimum Gasteiger partial charge on any atom is -0.367 e. The first kappa shape index (κ1) is 10.3. The van der Waals surface area contributed by atoms with Gasteiger partial charge < -0.3 is 5.32 Å². The fraction of sp³-hybridized carbons (Fsp3) is 0.400. The summed E-state index contributed by atoms with van der Waals surface area (Å²) in [6.07, 6.45) is 7.07. The van der Waals surface area contributed by atoms with Crippen molar-refractivity contribution in [2.45, 2.75) is 31.7 Å². The molecule has 0 atom stereocenters. The zero-order chi connectivity index (χ0) is 12.2. The van der Waals surface area contributed by atoms with Gasteiger partial charge in [0.25, 0.3) is 0 Å². The highest BCUT2D eigenvalue weighted by Crippen LogP contribution is 2.61. The molecule has 4 rings (SSSR count). The van der Waals surface area contributed by atoms with Crippen LogP contribution < -0.4 is 5.32 Å². The van der Waals surface area contributed by atoms with Gasteiger partial charge in [0.1, 0.15) is 11.6 Å². The first-order chi connectivity index (χ1) is 8.74. The predicted molar refractivity (Wildman–Crippen MR) is 70.0 cm³/mol. The van der Waals surface area contributed by atoms with Gasteiger partial charge in [-0.25, -0.2) is 9.37 Å². The highest BCUT2D eigenvalue weighted by atomic mass is 19.1. The van der Waals surface area contributed by atoms with Crippen LogP contribution in [0.25, 0.3) is 10.8 Å². The summed E-state index contributed by atoms with van der Waals surface area (Å²) in [7, 11) is 0. The van der Waals surface area contributed by atoms with E-state index in [1.54, 1.807) is 18.3 Å². The molecule has 0 radical (unpaired) electrons. The molecule has 3 heteroatoms. The van der Waals surface area contributed by atoms with E-state index in [4.69, 9.17) is 0 Å². The molecule has 92 valence electrons. The van der Waals surface area contributed by atoms with Crippen LogP contribution in [0.1, 0.15) is 25.7 Å². The van der Waals surface area contributed by atoms with Crippen LogP contribution in [-0.4, -0.2) is 11.0 Å². The maximum Gasteiger partial charge on any atom is 0.134 e. The van der Waals surface area contributed by atoms with Gasteiger partial charge in [0, 0.05) is 17.6 Å². The molecule has 0 saturated heterocycles. The molecule has 1 N–H and O–H groups in total. The molecular formula is C15H15FN2. The number of rotatable bonds is 2. The van der Waals surface area contributed by atoms with E-state index in [0.717, 1.165) is 16.6 Å². The predicted octanol–water partition coefficient (Wildman–Crippen LogP) is 3.73. The Bertz CT molecular complexity index is 611. The molecule has 0 unspecified atom stereocenters. The van der Waals surface area contributed by atoms with Crippen molar-refractivity contribution in [3.8, 4) is 0 Å². The summed E-state index contributed by atoms with van der Waals surface area (Å²) in [6, 6.07) is 7.31. The van der Waals surface area contributed by atoms with Gasteiger partial charge in [0.15, 0.2) is 0 Å². The van der Waals surface area contributed by atoms with Crippen LogP contribution in [0.2, 0.25) is 0 Å². The van der Waals surface area contributed by atoms with Gasteiger partial charge >= 0.3 is 0 Å². The lowest BCUT2D eigenvalue weighted by atomic mass is 9.77. The normalized spacial score (nSPS) is 20.9. The van der Waals surface area contributed by atoms with E-state index in [-0.39, 0.29) is 5.82 Å². The zero-order valence-corrected chi connectivity index (χ0v) is 10.1. The van der Waals surface area contributed by atoms with Crippen LogP contribution in [0.4, 0.5) is 10.2 Å². The molecule has 18 heavy (non-hydrogen) atoms. The van der Waals surface area contributed by atoms with Crippen LogP contribution in [0.5, 0.6) is 0 Å². The Morgan fingerprint density at radius 1 is 1.22 bits per heavy atom. The van der Waals surface area contributed by atoms with Gasteiger partial charge in [-0.2, -0.15) is 0 Å². The molecule has 2 nitrogen and oxygen atoms in total. The van der Waals surface area contributed by atoms with Crippen LogP contribution in [0, 0.1) is 11.2 Å². The van der Waals surface area contributed by atoms with Crippen molar-refractivity contribution in [2.24, 2.45) is 5.41 Å². The molecule has 1 aromatic carbocycles. The van der Waals surface area contributed by atoms with Crippen LogP contribution in [-0.2, 0) is 0 Å². The van der Waals surface area contributed by atoms with E-state index in [1.807, 2.05) is 6.07 Å². The van der Waals surface area contributed by atoms with Gasteiger partial charge in [-0.05, 0) is 54.7 Å². The molecule has 0 bridgehead atoms. The maximum absolute atomic E-state index is 13.3. The summed E-state index contributed by atoms with van der Waals surface area (Å²) in [4.78, 5) is 4.36. The topological polar surface area (TPSA) is 24.9 Å². The molecule has 2 saturated carbocycles. The lowest BCUT2D eigenvalue weighted by Crippen LogP contribution is -2.36. The second kappa shape index (κ2) is 3.44. The third-order valence-electron chi connectivity index (χ3n) is 4.38. The molecule has 2 aromatic rings. The van der Waals surface area contributed by atoms with E-state index in [0.29, 0.717) is 11.5 Å². The minimum atomic E-state index is -0.203. The summed E-state index contributed by atoms with van der Waals surface area (Å²) in [5.74, 6) is 0.623. The molecule has 1 spiro atoms. The Balaban J connectivity index is 1.65.